The second-order valence-electron chi connectivity index (χ2n) is 7.74. The lowest BCUT2D eigenvalue weighted by Crippen LogP contribution is -2.24. The number of nitrogens with zero attached hydrogens (tertiary/aromatic N) is 3. The summed E-state index contributed by atoms with van der Waals surface area (Å²) in [6.07, 6.45) is 3.84. The number of amides is 1. The smallest absolute Gasteiger partial charge is 0.271 e. The number of rotatable bonds is 9. The van der Waals surface area contributed by atoms with Crippen molar-refractivity contribution in [2.75, 3.05) is 19.0 Å². The molecule has 0 saturated carbocycles. The summed E-state index contributed by atoms with van der Waals surface area (Å²) in [6, 6.07) is 16.2. The summed E-state index contributed by atoms with van der Waals surface area (Å²) in [5.41, 5.74) is 4.79. The summed E-state index contributed by atoms with van der Waals surface area (Å²) in [6.45, 7) is 0.484. The van der Waals surface area contributed by atoms with Crippen molar-refractivity contribution >= 4 is 34.0 Å². The standard InChI is InChI=1S/C24H27N5OS/c1-29(2)21-12-6-3-9-17(21)15-25-24(30)20-16-31-23(28-20)14-8-7-13-22-26-18-10-4-5-11-19(18)27-22/h3-6,9-12,16H,7-8,13-15H2,1-2H3,(H,25,30)(H,26,27). The molecule has 6 nitrogen and oxygen atoms in total. The highest BCUT2D eigenvalue weighted by molar-refractivity contribution is 7.09. The molecule has 0 bridgehead atoms. The van der Waals surface area contributed by atoms with Crippen LogP contribution in [0.1, 0.15) is 39.7 Å². The van der Waals surface area contributed by atoms with Crippen LogP contribution in [0.25, 0.3) is 11.0 Å². The lowest BCUT2D eigenvalue weighted by atomic mass is 10.1. The molecule has 0 unspecified atom stereocenters. The average Bonchev–Trinajstić information content (AvgIpc) is 3.42. The topological polar surface area (TPSA) is 73.9 Å². The minimum atomic E-state index is -0.127. The first-order valence-electron chi connectivity index (χ1n) is 10.5. The summed E-state index contributed by atoms with van der Waals surface area (Å²) in [5.74, 6) is 0.900. The number of carbonyl (C=O) groups excluding carboxylic acids is 1. The van der Waals surface area contributed by atoms with Crippen LogP contribution in [0.3, 0.4) is 0 Å². The van der Waals surface area contributed by atoms with Crippen molar-refractivity contribution in [3.8, 4) is 0 Å². The van der Waals surface area contributed by atoms with E-state index in [0.29, 0.717) is 12.2 Å². The van der Waals surface area contributed by atoms with Crippen LogP contribution in [-0.4, -0.2) is 35.0 Å². The molecule has 1 amide bonds. The van der Waals surface area contributed by atoms with Crippen LogP contribution < -0.4 is 10.2 Å². The molecule has 0 aliphatic carbocycles. The van der Waals surface area contributed by atoms with Crippen LogP contribution in [0.15, 0.2) is 53.9 Å². The van der Waals surface area contributed by atoms with Crippen LogP contribution in [0.2, 0.25) is 0 Å². The summed E-state index contributed by atoms with van der Waals surface area (Å²) in [7, 11) is 4.00. The molecule has 2 aromatic carbocycles. The number of benzene rings is 2. The summed E-state index contributed by atoms with van der Waals surface area (Å²) in [4.78, 5) is 27.1. The van der Waals surface area contributed by atoms with Crippen LogP contribution >= 0.6 is 11.3 Å². The maximum atomic E-state index is 12.5. The van der Waals surface area contributed by atoms with Gasteiger partial charge in [0.1, 0.15) is 11.5 Å². The van der Waals surface area contributed by atoms with E-state index in [1.165, 1.54) is 0 Å². The van der Waals surface area contributed by atoms with E-state index >= 15 is 0 Å². The van der Waals surface area contributed by atoms with Gasteiger partial charge in [-0.05, 0) is 43.0 Å². The molecular formula is C24H27N5OS. The van der Waals surface area contributed by atoms with Gasteiger partial charge in [-0.1, -0.05) is 30.3 Å². The molecule has 0 spiro atoms. The predicted molar refractivity (Wildman–Crippen MR) is 127 cm³/mol. The average molecular weight is 434 g/mol. The van der Waals surface area contributed by atoms with Crippen molar-refractivity contribution in [2.24, 2.45) is 0 Å². The fourth-order valence-electron chi connectivity index (χ4n) is 3.59. The number of unbranched alkanes of at least 4 members (excludes halogenated alkanes) is 1. The number of H-pyrrole nitrogens is 1. The number of aromatic amines is 1. The van der Waals surface area contributed by atoms with Crippen LogP contribution in [0, 0.1) is 0 Å². The molecule has 0 aliphatic heterocycles. The van der Waals surface area contributed by atoms with Gasteiger partial charge in [-0.15, -0.1) is 11.3 Å². The van der Waals surface area contributed by atoms with Gasteiger partial charge < -0.3 is 15.2 Å². The van der Waals surface area contributed by atoms with Crippen molar-refractivity contribution < 1.29 is 4.79 Å². The number of carbonyl (C=O) groups is 1. The molecule has 7 heteroatoms. The number of thiazole rings is 1. The molecule has 2 heterocycles. The highest BCUT2D eigenvalue weighted by Gasteiger charge is 2.12. The molecule has 0 atom stereocenters. The maximum Gasteiger partial charge on any atom is 0.271 e. The lowest BCUT2D eigenvalue weighted by Gasteiger charge is -2.17. The molecule has 0 aliphatic rings. The van der Waals surface area contributed by atoms with Crippen molar-refractivity contribution in [1.82, 2.24) is 20.3 Å². The fraction of sp³-hybridized carbons (Fsp3) is 0.292. The molecular weight excluding hydrogens is 406 g/mol. The van der Waals surface area contributed by atoms with Crippen LogP contribution in [-0.2, 0) is 19.4 Å². The predicted octanol–water partition coefficient (Wildman–Crippen LogP) is 4.58. The quantitative estimate of drug-likeness (QED) is 0.379. The minimum Gasteiger partial charge on any atom is -0.377 e. The van der Waals surface area contributed by atoms with Gasteiger partial charge in [0.15, 0.2) is 0 Å². The number of hydrogen-bond donors (Lipinski definition) is 2. The van der Waals surface area contributed by atoms with Crippen molar-refractivity contribution in [2.45, 2.75) is 32.2 Å². The maximum absolute atomic E-state index is 12.5. The third-order valence-electron chi connectivity index (χ3n) is 5.19. The minimum absolute atomic E-state index is 0.127. The first-order chi connectivity index (χ1) is 15.1. The number of aromatic nitrogens is 3. The Morgan fingerprint density at radius 2 is 1.81 bits per heavy atom. The Kier molecular flexibility index (Phi) is 6.62. The highest BCUT2D eigenvalue weighted by atomic mass is 32.1. The van der Waals surface area contributed by atoms with Crippen molar-refractivity contribution in [3.63, 3.8) is 0 Å². The van der Waals surface area contributed by atoms with Gasteiger partial charge in [0.25, 0.3) is 5.91 Å². The number of hydrogen-bond acceptors (Lipinski definition) is 5. The van der Waals surface area contributed by atoms with E-state index in [0.717, 1.165) is 58.8 Å². The molecule has 4 rings (SSSR count). The highest BCUT2D eigenvalue weighted by Crippen LogP contribution is 2.18. The van der Waals surface area contributed by atoms with Crippen molar-refractivity contribution in [3.05, 3.63) is 76.0 Å². The molecule has 31 heavy (non-hydrogen) atoms. The molecule has 4 aromatic rings. The Morgan fingerprint density at radius 3 is 2.65 bits per heavy atom. The number of para-hydroxylation sites is 3. The monoisotopic (exact) mass is 433 g/mol. The van der Waals surface area contributed by atoms with Gasteiger partial charge in [-0.25, -0.2) is 9.97 Å². The fourth-order valence-corrected chi connectivity index (χ4v) is 4.41. The SMILES string of the molecule is CN(C)c1ccccc1CNC(=O)c1csc(CCCCc2nc3ccccc3[nH]2)n1. The van der Waals surface area contributed by atoms with E-state index in [-0.39, 0.29) is 5.91 Å². The van der Waals surface area contributed by atoms with Crippen molar-refractivity contribution in [1.29, 1.82) is 0 Å². The summed E-state index contributed by atoms with van der Waals surface area (Å²) in [5, 5.41) is 5.84. The Balaban J connectivity index is 1.24. The molecule has 0 fully saturated rings. The third-order valence-corrected chi connectivity index (χ3v) is 6.10. The zero-order chi connectivity index (χ0) is 21.6. The first-order valence-corrected chi connectivity index (χ1v) is 11.4. The van der Waals surface area contributed by atoms with Gasteiger partial charge in [-0.3, -0.25) is 4.79 Å². The number of fused-ring (bicyclic) bond motifs is 1. The summed E-state index contributed by atoms with van der Waals surface area (Å²) >= 11 is 1.55. The number of aryl methyl sites for hydroxylation is 2. The van der Waals surface area contributed by atoms with E-state index in [1.807, 2.05) is 72.9 Å². The van der Waals surface area contributed by atoms with Gasteiger partial charge in [0.05, 0.1) is 16.0 Å². The molecule has 2 aromatic heterocycles. The van der Waals surface area contributed by atoms with Crippen LogP contribution in [0.5, 0.6) is 0 Å². The van der Waals surface area contributed by atoms with Gasteiger partial charge >= 0.3 is 0 Å². The summed E-state index contributed by atoms with van der Waals surface area (Å²) < 4.78 is 0. The normalized spacial score (nSPS) is 11.0. The number of anilines is 1. The number of nitrogens with one attached hydrogen (secondary N) is 2. The zero-order valence-corrected chi connectivity index (χ0v) is 18.7. The van der Waals surface area contributed by atoms with E-state index in [9.17, 15) is 4.79 Å². The Labute approximate surface area is 186 Å². The second-order valence-corrected chi connectivity index (χ2v) is 8.68. The van der Waals surface area contributed by atoms with Gasteiger partial charge in [-0.2, -0.15) is 0 Å². The Morgan fingerprint density at radius 1 is 1.03 bits per heavy atom. The first kappa shape index (κ1) is 21.1. The Bertz CT molecular complexity index is 1130. The Hall–Kier alpha value is -3.19. The van der Waals surface area contributed by atoms with Gasteiger partial charge in [0, 0.05) is 38.1 Å². The third kappa shape index (κ3) is 5.30. The van der Waals surface area contributed by atoms with E-state index in [2.05, 4.69) is 20.3 Å². The van der Waals surface area contributed by atoms with E-state index < -0.39 is 0 Å². The molecule has 0 radical (unpaired) electrons. The largest absolute Gasteiger partial charge is 0.377 e. The number of imidazole rings is 1. The lowest BCUT2D eigenvalue weighted by molar-refractivity contribution is 0.0946. The van der Waals surface area contributed by atoms with Crippen LogP contribution in [0.4, 0.5) is 5.69 Å². The zero-order valence-electron chi connectivity index (χ0n) is 17.9. The van der Waals surface area contributed by atoms with E-state index in [4.69, 9.17) is 0 Å². The molecule has 2 N–H and O–H groups in total. The van der Waals surface area contributed by atoms with E-state index in [1.54, 1.807) is 11.3 Å². The second kappa shape index (κ2) is 9.75. The molecule has 160 valence electrons. The molecule has 0 saturated heterocycles. The van der Waals surface area contributed by atoms with Gasteiger partial charge in [0.2, 0.25) is 0 Å².